The van der Waals surface area contributed by atoms with Crippen LogP contribution in [0, 0.1) is 17.3 Å². The zero-order valence-electron chi connectivity index (χ0n) is 11.0. The van der Waals surface area contributed by atoms with Crippen LogP contribution < -0.4 is 11.1 Å². The molecular weight excluding hydrogens is 246 g/mol. The highest BCUT2D eigenvalue weighted by Crippen LogP contribution is 2.22. The average molecular weight is 265 g/mol. The maximum Gasteiger partial charge on any atom is 0.226 e. The normalized spacial score (nSPS) is 10.7. The first-order valence-electron chi connectivity index (χ1n) is 5.85. The molecule has 0 saturated heterocycles. The van der Waals surface area contributed by atoms with Gasteiger partial charge in [0.1, 0.15) is 0 Å². The molecule has 1 aromatic rings. The van der Waals surface area contributed by atoms with Crippen LogP contribution in [0.3, 0.4) is 0 Å². The van der Waals surface area contributed by atoms with E-state index in [-0.39, 0.29) is 11.3 Å². The molecule has 0 fully saturated rings. The first-order valence-corrected chi connectivity index (χ1v) is 6.67. The maximum atomic E-state index is 11.7. The number of nitrogens with zero attached hydrogens (tertiary/aromatic N) is 1. The van der Waals surface area contributed by atoms with Gasteiger partial charge in [-0.1, -0.05) is 43.9 Å². The van der Waals surface area contributed by atoms with Crippen LogP contribution in [0.2, 0.25) is 0 Å². The van der Waals surface area contributed by atoms with Gasteiger partial charge >= 0.3 is 0 Å². The highest BCUT2D eigenvalue weighted by molar-refractivity contribution is 7.16. The van der Waals surface area contributed by atoms with Gasteiger partial charge in [-0.15, -0.1) is 0 Å². The van der Waals surface area contributed by atoms with Crippen LogP contribution in [0.5, 0.6) is 0 Å². The second-order valence-electron chi connectivity index (χ2n) is 5.14. The van der Waals surface area contributed by atoms with Crippen molar-refractivity contribution in [1.82, 2.24) is 4.98 Å². The molecule has 3 N–H and O–H groups in total. The minimum Gasteiger partial charge on any atom is -0.320 e. The molecule has 1 rings (SSSR count). The van der Waals surface area contributed by atoms with Crippen molar-refractivity contribution in [1.29, 1.82) is 0 Å². The summed E-state index contributed by atoms with van der Waals surface area (Å²) in [5.74, 6) is 5.63. The Kier molecular flexibility index (Phi) is 5.32. The zero-order valence-corrected chi connectivity index (χ0v) is 11.9. The van der Waals surface area contributed by atoms with Crippen molar-refractivity contribution in [2.24, 2.45) is 11.1 Å². The minimum absolute atomic E-state index is 0.00221. The van der Waals surface area contributed by atoms with Crippen LogP contribution in [0.4, 0.5) is 5.13 Å². The molecule has 0 spiro atoms. The van der Waals surface area contributed by atoms with E-state index in [1.807, 2.05) is 0 Å². The Morgan fingerprint density at radius 3 is 2.89 bits per heavy atom. The van der Waals surface area contributed by atoms with Crippen molar-refractivity contribution in [3.8, 4) is 11.8 Å². The van der Waals surface area contributed by atoms with E-state index in [0.717, 1.165) is 11.3 Å². The third-order valence-electron chi connectivity index (χ3n) is 2.17. The second kappa shape index (κ2) is 6.53. The van der Waals surface area contributed by atoms with Crippen LogP contribution >= 0.6 is 11.3 Å². The van der Waals surface area contributed by atoms with E-state index in [1.165, 1.54) is 11.3 Å². The molecule has 18 heavy (non-hydrogen) atoms. The molecule has 1 aromatic heterocycles. The lowest BCUT2D eigenvalue weighted by Gasteiger charge is -2.16. The molecule has 0 unspecified atom stereocenters. The summed E-state index contributed by atoms with van der Waals surface area (Å²) in [6.07, 6.45) is 3.00. The molecule has 0 aromatic carbocycles. The van der Waals surface area contributed by atoms with Crippen LogP contribution in [0.15, 0.2) is 6.20 Å². The summed E-state index contributed by atoms with van der Waals surface area (Å²) >= 11 is 1.36. The van der Waals surface area contributed by atoms with Gasteiger partial charge in [-0.25, -0.2) is 4.98 Å². The van der Waals surface area contributed by atoms with Gasteiger partial charge in [0.25, 0.3) is 0 Å². The monoisotopic (exact) mass is 265 g/mol. The number of carbonyl (C=O) groups excluding carboxylic acids is 1. The van der Waals surface area contributed by atoms with E-state index in [0.29, 0.717) is 18.1 Å². The lowest BCUT2D eigenvalue weighted by Crippen LogP contribution is -2.15. The number of rotatable bonds is 3. The van der Waals surface area contributed by atoms with Gasteiger partial charge in [0.2, 0.25) is 5.91 Å². The van der Waals surface area contributed by atoms with Gasteiger partial charge < -0.3 is 11.1 Å². The predicted octanol–water partition coefficient (Wildman–Crippen LogP) is 2.22. The Hall–Kier alpha value is -1.38. The molecule has 1 amide bonds. The summed E-state index contributed by atoms with van der Waals surface area (Å²) < 4.78 is 0. The topological polar surface area (TPSA) is 68.0 Å². The van der Waals surface area contributed by atoms with Gasteiger partial charge in [-0.05, 0) is 11.8 Å². The summed E-state index contributed by atoms with van der Waals surface area (Å²) in [5.41, 5.74) is 5.45. The van der Waals surface area contributed by atoms with Gasteiger partial charge in [0.05, 0.1) is 17.6 Å². The number of nitrogens with two attached hydrogens (primary N) is 1. The van der Waals surface area contributed by atoms with Crippen molar-refractivity contribution in [2.45, 2.75) is 33.6 Å². The average Bonchev–Trinajstić information content (AvgIpc) is 2.70. The number of anilines is 1. The predicted molar refractivity (Wildman–Crippen MR) is 75.4 cm³/mol. The highest BCUT2D eigenvalue weighted by Gasteiger charge is 2.13. The van der Waals surface area contributed by atoms with Gasteiger partial charge in [0, 0.05) is 6.42 Å². The fourth-order valence-electron chi connectivity index (χ4n) is 1.20. The fraction of sp³-hybridized carbons (Fsp3) is 0.538. The van der Waals surface area contributed by atoms with Crippen LogP contribution in [0.1, 0.15) is 38.5 Å². The smallest absolute Gasteiger partial charge is 0.226 e. The van der Waals surface area contributed by atoms with Crippen molar-refractivity contribution >= 4 is 22.4 Å². The number of hydrogen-bond acceptors (Lipinski definition) is 4. The number of hydrogen-bond donors (Lipinski definition) is 2. The number of amides is 1. The zero-order chi connectivity index (χ0) is 13.6. The highest BCUT2D eigenvalue weighted by atomic mass is 32.1. The quantitative estimate of drug-likeness (QED) is 0.823. The maximum absolute atomic E-state index is 11.7. The Morgan fingerprint density at radius 1 is 1.56 bits per heavy atom. The van der Waals surface area contributed by atoms with Crippen molar-refractivity contribution in [3.05, 3.63) is 11.1 Å². The summed E-state index contributed by atoms with van der Waals surface area (Å²) in [4.78, 5) is 16.6. The molecule has 0 aliphatic carbocycles. The van der Waals surface area contributed by atoms with Crippen LogP contribution in [-0.4, -0.2) is 17.4 Å². The van der Waals surface area contributed by atoms with E-state index in [4.69, 9.17) is 5.73 Å². The SMILES string of the molecule is CC(C)(C)CCC(=O)Nc1ncc(C#CCN)s1. The van der Waals surface area contributed by atoms with E-state index < -0.39 is 0 Å². The molecule has 98 valence electrons. The Labute approximate surface area is 112 Å². The van der Waals surface area contributed by atoms with E-state index in [1.54, 1.807) is 6.20 Å². The van der Waals surface area contributed by atoms with Gasteiger partial charge in [-0.2, -0.15) is 0 Å². The molecule has 0 saturated carbocycles. The lowest BCUT2D eigenvalue weighted by atomic mass is 9.90. The summed E-state index contributed by atoms with van der Waals surface area (Å²) in [7, 11) is 0. The molecule has 5 heteroatoms. The number of nitrogens with one attached hydrogen (secondary N) is 1. The number of carbonyl (C=O) groups is 1. The van der Waals surface area contributed by atoms with E-state index in [9.17, 15) is 4.79 Å². The summed E-state index contributed by atoms with van der Waals surface area (Å²) in [6.45, 7) is 6.67. The Bertz CT molecular complexity index is 463. The molecule has 0 atom stereocenters. The third kappa shape index (κ3) is 5.80. The molecule has 4 nitrogen and oxygen atoms in total. The molecular formula is C13H19N3OS. The Balaban J connectivity index is 2.47. The number of aromatic nitrogens is 1. The minimum atomic E-state index is -0.00221. The lowest BCUT2D eigenvalue weighted by molar-refractivity contribution is -0.116. The van der Waals surface area contributed by atoms with Crippen LogP contribution in [0.25, 0.3) is 0 Å². The molecule has 0 aliphatic heterocycles. The molecule has 0 bridgehead atoms. The molecule has 0 radical (unpaired) electrons. The standard InChI is InChI=1S/C13H19N3OS/c1-13(2,3)7-6-11(17)16-12-15-9-10(18-12)5-4-8-14/h9H,6-8,14H2,1-3H3,(H,15,16,17). The largest absolute Gasteiger partial charge is 0.320 e. The first kappa shape index (κ1) is 14.7. The first-order chi connectivity index (χ1) is 8.40. The van der Waals surface area contributed by atoms with Crippen molar-refractivity contribution in [3.63, 3.8) is 0 Å². The van der Waals surface area contributed by atoms with Crippen molar-refractivity contribution in [2.75, 3.05) is 11.9 Å². The van der Waals surface area contributed by atoms with E-state index in [2.05, 4.69) is 42.9 Å². The Morgan fingerprint density at radius 2 is 2.28 bits per heavy atom. The number of thiazole rings is 1. The summed E-state index contributed by atoms with van der Waals surface area (Å²) in [6, 6.07) is 0. The van der Waals surface area contributed by atoms with Crippen molar-refractivity contribution < 1.29 is 4.79 Å². The molecule has 1 heterocycles. The van der Waals surface area contributed by atoms with Crippen LogP contribution in [-0.2, 0) is 4.79 Å². The van der Waals surface area contributed by atoms with Gasteiger partial charge in [0.15, 0.2) is 5.13 Å². The second-order valence-corrected chi connectivity index (χ2v) is 6.18. The van der Waals surface area contributed by atoms with Gasteiger partial charge in [-0.3, -0.25) is 4.79 Å². The fourth-order valence-corrected chi connectivity index (χ4v) is 1.91. The molecule has 0 aliphatic rings. The third-order valence-corrected chi connectivity index (χ3v) is 3.00. The van der Waals surface area contributed by atoms with E-state index >= 15 is 0 Å². The summed E-state index contributed by atoms with van der Waals surface area (Å²) in [5, 5.41) is 3.37.